The summed E-state index contributed by atoms with van der Waals surface area (Å²) in [7, 11) is 0. The van der Waals surface area contributed by atoms with E-state index in [0.717, 1.165) is 24.9 Å². The first-order valence-electron chi connectivity index (χ1n) is 9.40. The van der Waals surface area contributed by atoms with Crippen LogP contribution in [0, 0.1) is 11.8 Å². The van der Waals surface area contributed by atoms with Crippen molar-refractivity contribution in [3.05, 3.63) is 0 Å². The highest BCUT2D eigenvalue weighted by atomic mass is 16.3. The summed E-state index contributed by atoms with van der Waals surface area (Å²) in [6, 6.07) is 0.799. The Labute approximate surface area is 130 Å². The summed E-state index contributed by atoms with van der Waals surface area (Å²) in [5.74, 6) is 1.39. The lowest BCUT2D eigenvalue weighted by Gasteiger charge is -2.36. The van der Waals surface area contributed by atoms with Gasteiger partial charge in [-0.15, -0.1) is 0 Å². The van der Waals surface area contributed by atoms with Crippen LogP contribution >= 0.6 is 0 Å². The summed E-state index contributed by atoms with van der Waals surface area (Å²) in [4.78, 5) is 5.38. The fraction of sp³-hybridized carbons (Fsp3) is 1.00. The zero-order valence-corrected chi connectivity index (χ0v) is 13.8. The molecule has 21 heavy (non-hydrogen) atoms. The fourth-order valence-electron chi connectivity index (χ4n) is 4.80. The lowest BCUT2D eigenvalue weighted by atomic mass is 9.78. The highest BCUT2D eigenvalue weighted by Gasteiger charge is 2.33. The van der Waals surface area contributed by atoms with E-state index in [2.05, 4.69) is 16.7 Å². The van der Waals surface area contributed by atoms with Crippen molar-refractivity contribution in [2.45, 2.75) is 70.4 Å². The Morgan fingerprint density at radius 3 is 2.57 bits per heavy atom. The molecular formula is C18H34N2O. The summed E-state index contributed by atoms with van der Waals surface area (Å²) in [6.07, 6.45) is 10.4. The zero-order chi connectivity index (χ0) is 14.7. The van der Waals surface area contributed by atoms with E-state index in [1.54, 1.807) is 0 Å². The van der Waals surface area contributed by atoms with E-state index < -0.39 is 0 Å². The maximum absolute atomic E-state index is 10.3. The first-order valence-corrected chi connectivity index (χ1v) is 9.40. The summed E-state index contributed by atoms with van der Waals surface area (Å²) in [5.41, 5.74) is 0. The number of likely N-dealkylation sites (tertiary alicyclic amines) is 2. The number of hydrogen-bond acceptors (Lipinski definition) is 3. The van der Waals surface area contributed by atoms with E-state index in [1.165, 1.54) is 71.1 Å². The van der Waals surface area contributed by atoms with Gasteiger partial charge in [0.05, 0.1) is 6.10 Å². The normalized spacial score (nSPS) is 39.7. The van der Waals surface area contributed by atoms with Crippen LogP contribution < -0.4 is 0 Å². The number of nitrogens with zero attached hydrogens (tertiary/aromatic N) is 2. The minimum absolute atomic E-state index is 0.0400. The van der Waals surface area contributed by atoms with E-state index in [4.69, 9.17) is 0 Å². The van der Waals surface area contributed by atoms with Crippen molar-refractivity contribution in [1.29, 1.82) is 0 Å². The number of aliphatic hydroxyl groups excluding tert-OH is 1. The molecule has 0 bridgehead atoms. The Morgan fingerprint density at radius 2 is 1.81 bits per heavy atom. The van der Waals surface area contributed by atoms with E-state index in [1.807, 2.05) is 0 Å². The van der Waals surface area contributed by atoms with Gasteiger partial charge < -0.3 is 10.0 Å². The molecule has 2 aliphatic heterocycles. The maximum atomic E-state index is 10.3. The molecule has 4 atom stereocenters. The minimum Gasteiger partial charge on any atom is -0.393 e. The predicted octanol–water partition coefficient (Wildman–Crippen LogP) is 2.73. The summed E-state index contributed by atoms with van der Waals surface area (Å²) in [5, 5.41) is 10.3. The number of rotatable bonds is 4. The van der Waals surface area contributed by atoms with Gasteiger partial charge >= 0.3 is 0 Å². The minimum atomic E-state index is -0.0400. The van der Waals surface area contributed by atoms with Gasteiger partial charge in [0.1, 0.15) is 0 Å². The van der Waals surface area contributed by atoms with Gasteiger partial charge in [-0.05, 0) is 70.0 Å². The molecule has 0 aromatic heterocycles. The van der Waals surface area contributed by atoms with Gasteiger partial charge in [-0.2, -0.15) is 0 Å². The average Bonchev–Trinajstić information content (AvgIpc) is 2.99. The first-order chi connectivity index (χ1) is 10.3. The van der Waals surface area contributed by atoms with Crippen molar-refractivity contribution in [2.75, 3.05) is 32.7 Å². The van der Waals surface area contributed by atoms with Gasteiger partial charge in [-0.1, -0.05) is 19.8 Å². The van der Waals surface area contributed by atoms with E-state index >= 15 is 0 Å². The van der Waals surface area contributed by atoms with Crippen LogP contribution in [0.4, 0.5) is 0 Å². The molecule has 0 amide bonds. The van der Waals surface area contributed by atoms with Crippen molar-refractivity contribution in [3.63, 3.8) is 0 Å². The fourth-order valence-corrected chi connectivity index (χ4v) is 4.80. The lowest BCUT2D eigenvalue weighted by molar-refractivity contribution is 0.0291. The lowest BCUT2D eigenvalue weighted by Crippen LogP contribution is -2.42. The summed E-state index contributed by atoms with van der Waals surface area (Å²) >= 11 is 0. The average molecular weight is 294 g/mol. The van der Waals surface area contributed by atoms with Gasteiger partial charge in [-0.25, -0.2) is 0 Å². The third-order valence-electron chi connectivity index (χ3n) is 6.28. The molecule has 2 heterocycles. The second kappa shape index (κ2) is 7.43. The second-order valence-corrected chi connectivity index (χ2v) is 7.71. The molecule has 4 unspecified atom stereocenters. The van der Waals surface area contributed by atoms with Crippen LogP contribution in [0.15, 0.2) is 0 Å². The van der Waals surface area contributed by atoms with Crippen LogP contribution in [0.2, 0.25) is 0 Å². The summed E-state index contributed by atoms with van der Waals surface area (Å²) in [6.45, 7) is 8.59. The third-order valence-corrected chi connectivity index (χ3v) is 6.28. The Hall–Kier alpha value is -0.120. The molecule has 3 rings (SSSR count). The van der Waals surface area contributed by atoms with Crippen molar-refractivity contribution < 1.29 is 5.11 Å². The molecule has 3 heteroatoms. The molecule has 0 aromatic carbocycles. The van der Waals surface area contributed by atoms with Crippen molar-refractivity contribution >= 4 is 0 Å². The van der Waals surface area contributed by atoms with Crippen LogP contribution in [-0.4, -0.2) is 59.8 Å². The quantitative estimate of drug-likeness (QED) is 0.863. The monoisotopic (exact) mass is 294 g/mol. The Kier molecular flexibility index (Phi) is 5.58. The molecule has 0 radical (unpaired) electrons. The van der Waals surface area contributed by atoms with Crippen molar-refractivity contribution in [3.8, 4) is 0 Å². The SMILES string of the molecule is CCC1CCC(O)C(CN2CCC(N3CCCCC3)C2)C1. The maximum Gasteiger partial charge on any atom is 0.0580 e. The molecule has 0 aromatic rings. The van der Waals surface area contributed by atoms with Gasteiger partial charge in [0.2, 0.25) is 0 Å². The molecular weight excluding hydrogens is 260 g/mol. The summed E-state index contributed by atoms with van der Waals surface area (Å²) < 4.78 is 0. The molecule has 122 valence electrons. The van der Waals surface area contributed by atoms with Crippen LogP contribution in [0.3, 0.4) is 0 Å². The molecule has 3 fully saturated rings. The van der Waals surface area contributed by atoms with Gasteiger partial charge in [-0.3, -0.25) is 4.90 Å². The van der Waals surface area contributed by atoms with E-state index in [-0.39, 0.29) is 6.10 Å². The first kappa shape index (κ1) is 15.8. The smallest absolute Gasteiger partial charge is 0.0580 e. The van der Waals surface area contributed by atoms with Crippen molar-refractivity contribution in [2.24, 2.45) is 11.8 Å². The van der Waals surface area contributed by atoms with Crippen LogP contribution in [0.1, 0.15) is 58.3 Å². The largest absolute Gasteiger partial charge is 0.393 e. The van der Waals surface area contributed by atoms with Crippen molar-refractivity contribution in [1.82, 2.24) is 9.80 Å². The molecule has 3 nitrogen and oxygen atoms in total. The Morgan fingerprint density at radius 1 is 1.00 bits per heavy atom. The topological polar surface area (TPSA) is 26.7 Å². The van der Waals surface area contributed by atoms with Crippen LogP contribution in [-0.2, 0) is 0 Å². The number of aliphatic hydroxyl groups is 1. The van der Waals surface area contributed by atoms with Gasteiger partial charge in [0.15, 0.2) is 0 Å². The van der Waals surface area contributed by atoms with Gasteiger partial charge in [0, 0.05) is 19.1 Å². The van der Waals surface area contributed by atoms with Gasteiger partial charge in [0.25, 0.3) is 0 Å². The van der Waals surface area contributed by atoms with E-state index in [9.17, 15) is 5.11 Å². The van der Waals surface area contributed by atoms with Crippen LogP contribution in [0.25, 0.3) is 0 Å². The second-order valence-electron chi connectivity index (χ2n) is 7.71. The Bertz CT molecular complexity index is 316. The number of piperidine rings is 1. The molecule has 1 N–H and O–H groups in total. The Balaban J connectivity index is 1.47. The molecule has 1 aliphatic carbocycles. The van der Waals surface area contributed by atoms with E-state index in [0.29, 0.717) is 5.92 Å². The van der Waals surface area contributed by atoms with Crippen LogP contribution in [0.5, 0.6) is 0 Å². The third kappa shape index (κ3) is 4.00. The molecule has 0 spiro atoms. The molecule has 2 saturated heterocycles. The molecule has 1 saturated carbocycles. The molecule has 3 aliphatic rings. The zero-order valence-electron chi connectivity index (χ0n) is 13.8. The highest BCUT2D eigenvalue weighted by Crippen LogP contribution is 2.32. The number of hydrogen-bond donors (Lipinski definition) is 1. The predicted molar refractivity (Wildman–Crippen MR) is 87.4 cm³/mol. The standard InChI is InChI=1S/C18H34N2O/c1-2-15-6-7-18(21)16(12-15)13-19-11-8-17(14-19)20-9-4-3-5-10-20/h15-18,21H,2-14H2,1H3. The highest BCUT2D eigenvalue weighted by molar-refractivity contribution is 4.88.